The van der Waals surface area contributed by atoms with Gasteiger partial charge in [0, 0.05) is 35.7 Å². The number of amides is 2. The molecule has 11 heteroatoms. The van der Waals surface area contributed by atoms with Gasteiger partial charge in [-0.1, -0.05) is 11.6 Å². The number of nitrogens with one attached hydrogen (secondary N) is 2. The normalized spacial score (nSPS) is 10.5. The number of esters is 2. The Bertz CT molecular complexity index is 1370. The second-order valence-corrected chi connectivity index (χ2v) is 7.93. The lowest BCUT2D eigenvalue weighted by Gasteiger charge is -2.11. The summed E-state index contributed by atoms with van der Waals surface area (Å²) in [7, 11) is 1.37. The van der Waals surface area contributed by atoms with Gasteiger partial charge in [-0.15, -0.1) is 0 Å². The molecule has 3 rings (SSSR count). The summed E-state index contributed by atoms with van der Waals surface area (Å²) in [5, 5.41) is 6.89. The second-order valence-electron chi connectivity index (χ2n) is 7.49. The molecule has 190 valence electrons. The van der Waals surface area contributed by atoms with Crippen LogP contribution in [-0.2, 0) is 9.59 Å². The Morgan fingerprint density at radius 1 is 0.838 bits per heavy atom. The molecule has 37 heavy (non-hydrogen) atoms. The van der Waals surface area contributed by atoms with Crippen LogP contribution < -0.4 is 25.0 Å². The zero-order chi connectivity index (χ0) is 26.9. The number of anilines is 1. The summed E-state index contributed by atoms with van der Waals surface area (Å²) in [4.78, 5) is 47.5. The van der Waals surface area contributed by atoms with Gasteiger partial charge in [0.25, 0.3) is 5.91 Å². The Morgan fingerprint density at radius 2 is 1.51 bits per heavy atom. The first-order valence-electron chi connectivity index (χ1n) is 10.8. The Balaban J connectivity index is 1.72. The van der Waals surface area contributed by atoms with Gasteiger partial charge in [-0.25, -0.2) is 10.2 Å². The number of hydrogen-bond donors (Lipinski definition) is 2. The highest BCUT2D eigenvalue weighted by Gasteiger charge is 2.16. The van der Waals surface area contributed by atoms with E-state index in [-0.39, 0.29) is 28.7 Å². The lowest BCUT2D eigenvalue weighted by atomic mass is 10.2. The lowest BCUT2D eigenvalue weighted by Crippen LogP contribution is -2.18. The third kappa shape index (κ3) is 7.64. The highest BCUT2D eigenvalue weighted by Crippen LogP contribution is 2.29. The molecule has 0 aliphatic rings. The van der Waals surface area contributed by atoms with Crippen molar-refractivity contribution in [3.05, 3.63) is 82.4 Å². The zero-order valence-electron chi connectivity index (χ0n) is 20.0. The first-order valence-corrected chi connectivity index (χ1v) is 11.1. The molecule has 10 nitrogen and oxygen atoms in total. The third-order valence-corrected chi connectivity index (χ3v) is 4.90. The number of rotatable bonds is 8. The number of halogens is 1. The van der Waals surface area contributed by atoms with Gasteiger partial charge in [0.15, 0.2) is 11.5 Å². The van der Waals surface area contributed by atoms with E-state index in [1.54, 1.807) is 12.1 Å². The number of carbonyl (C=O) groups excluding carboxylic acids is 4. The Morgan fingerprint density at radius 3 is 2.16 bits per heavy atom. The van der Waals surface area contributed by atoms with Crippen LogP contribution >= 0.6 is 11.6 Å². The summed E-state index contributed by atoms with van der Waals surface area (Å²) in [6.07, 6.45) is 1.28. The molecule has 0 heterocycles. The summed E-state index contributed by atoms with van der Waals surface area (Å²) < 4.78 is 15.7. The van der Waals surface area contributed by atoms with Crippen molar-refractivity contribution in [2.45, 2.75) is 13.8 Å². The van der Waals surface area contributed by atoms with Crippen molar-refractivity contribution < 1.29 is 33.4 Å². The van der Waals surface area contributed by atoms with Crippen LogP contribution in [0.3, 0.4) is 0 Å². The van der Waals surface area contributed by atoms with E-state index in [0.717, 1.165) is 0 Å². The predicted molar refractivity (Wildman–Crippen MR) is 137 cm³/mol. The minimum absolute atomic E-state index is 0.134. The number of methoxy groups -OCH3 is 1. The number of benzene rings is 3. The van der Waals surface area contributed by atoms with Crippen molar-refractivity contribution in [3.63, 3.8) is 0 Å². The molecular weight excluding hydrogens is 502 g/mol. The summed E-state index contributed by atoms with van der Waals surface area (Å²) in [5.74, 6) is -1.50. The number of ether oxygens (including phenoxy) is 3. The molecule has 2 N–H and O–H groups in total. The molecular formula is C26H22ClN3O7. The fourth-order valence-corrected chi connectivity index (χ4v) is 3.22. The van der Waals surface area contributed by atoms with Gasteiger partial charge in [-0.05, 0) is 60.7 Å². The number of carbonyl (C=O) groups is 4. The molecule has 3 aromatic carbocycles. The van der Waals surface area contributed by atoms with Crippen LogP contribution in [0, 0.1) is 0 Å². The van der Waals surface area contributed by atoms with E-state index in [4.69, 9.17) is 25.8 Å². The summed E-state index contributed by atoms with van der Waals surface area (Å²) in [6.45, 7) is 2.63. The average molecular weight is 524 g/mol. The van der Waals surface area contributed by atoms with Crippen LogP contribution in [0.2, 0.25) is 5.02 Å². The summed E-state index contributed by atoms with van der Waals surface area (Å²) in [5.41, 5.74) is 3.71. The molecule has 0 radical (unpaired) electrons. The molecule has 0 bridgehead atoms. The van der Waals surface area contributed by atoms with E-state index in [1.165, 1.54) is 75.7 Å². The van der Waals surface area contributed by atoms with E-state index in [0.29, 0.717) is 21.8 Å². The molecule has 0 spiro atoms. The maximum atomic E-state index is 12.8. The van der Waals surface area contributed by atoms with E-state index < -0.39 is 17.8 Å². The summed E-state index contributed by atoms with van der Waals surface area (Å²) >= 11 is 6.08. The molecule has 0 saturated heterocycles. The Labute approximate surface area is 217 Å². The third-order valence-electron chi connectivity index (χ3n) is 4.66. The largest absolute Gasteiger partial charge is 0.493 e. The van der Waals surface area contributed by atoms with E-state index in [9.17, 15) is 19.2 Å². The van der Waals surface area contributed by atoms with E-state index >= 15 is 0 Å². The first-order chi connectivity index (χ1) is 17.7. The van der Waals surface area contributed by atoms with Crippen molar-refractivity contribution in [1.29, 1.82) is 0 Å². The fraction of sp³-hybridized carbons (Fsp3) is 0.115. The quantitative estimate of drug-likeness (QED) is 0.195. The molecule has 0 aliphatic heterocycles. The van der Waals surface area contributed by atoms with Gasteiger partial charge in [0.1, 0.15) is 5.75 Å². The highest BCUT2D eigenvalue weighted by molar-refractivity contribution is 6.31. The number of hydrogen-bond acceptors (Lipinski definition) is 8. The van der Waals surface area contributed by atoms with Crippen molar-refractivity contribution in [2.24, 2.45) is 5.10 Å². The monoisotopic (exact) mass is 523 g/mol. The molecule has 0 aromatic heterocycles. The highest BCUT2D eigenvalue weighted by atomic mass is 35.5. The van der Waals surface area contributed by atoms with Crippen LogP contribution in [0.5, 0.6) is 17.2 Å². The molecule has 0 atom stereocenters. The predicted octanol–water partition coefficient (Wildman–Crippen LogP) is 4.22. The molecule has 2 amide bonds. The van der Waals surface area contributed by atoms with Gasteiger partial charge in [0.2, 0.25) is 5.91 Å². The van der Waals surface area contributed by atoms with Crippen LogP contribution in [0.4, 0.5) is 5.69 Å². The average Bonchev–Trinajstić information content (AvgIpc) is 2.85. The Kier molecular flexibility index (Phi) is 8.95. The number of nitrogens with zero attached hydrogens (tertiary/aromatic N) is 1. The topological polar surface area (TPSA) is 132 Å². The minimum Gasteiger partial charge on any atom is -0.493 e. The van der Waals surface area contributed by atoms with Crippen molar-refractivity contribution in [3.8, 4) is 17.2 Å². The standard InChI is InChI=1S/C26H22ClN3O7/c1-15(31)29-21-8-4-17(5-9-21)25(33)30-28-14-19-12-20(27)7-11-22(19)37-26(34)18-6-10-23(36-16(2)32)24(13-18)35-3/h4-14H,1-3H3,(H,29,31)(H,30,33)/b28-14+. The molecule has 3 aromatic rings. The Hall–Kier alpha value is -4.70. The zero-order valence-corrected chi connectivity index (χ0v) is 20.8. The van der Waals surface area contributed by atoms with Crippen LogP contribution in [0.25, 0.3) is 0 Å². The van der Waals surface area contributed by atoms with Gasteiger partial charge >= 0.3 is 11.9 Å². The van der Waals surface area contributed by atoms with E-state index in [2.05, 4.69) is 15.8 Å². The van der Waals surface area contributed by atoms with Crippen molar-refractivity contribution >= 4 is 47.3 Å². The smallest absolute Gasteiger partial charge is 0.343 e. The maximum absolute atomic E-state index is 12.8. The molecule has 0 unspecified atom stereocenters. The van der Waals surface area contributed by atoms with Gasteiger partial charge in [-0.3, -0.25) is 14.4 Å². The first kappa shape index (κ1) is 26.9. The minimum atomic E-state index is -0.715. The van der Waals surface area contributed by atoms with E-state index in [1.807, 2.05) is 0 Å². The van der Waals surface area contributed by atoms with Gasteiger partial charge in [0.05, 0.1) is 18.9 Å². The number of hydrazone groups is 1. The van der Waals surface area contributed by atoms with Crippen LogP contribution in [0.1, 0.15) is 40.1 Å². The lowest BCUT2D eigenvalue weighted by molar-refractivity contribution is -0.132. The van der Waals surface area contributed by atoms with Crippen molar-refractivity contribution in [1.82, 2.24) is 5.43 Å². The van der Waals surface area contributed by atoms with Crippen LogP contribution in [-0.4, -0.2) is 37.1 Å². The van der Waals surface area contributed by atoms with Gasteiger partial charge < -0.3 is 19.5 Å². The maximum Gasteiger partial charge on any atom is 0.343 e. The van der Waals surface area contributed by atoms with Crippen LogP contribution in [0.15, 0.2) is 65.8 Å². The molecule has 0 saturated carbocycles. The fourth-order valence-electron chi connectivity index (χ4n) is 3.04. The van der Waals surface area contributed by atoms with Gasteiger partial charge in [-0.2, -0.15) is 5.10 Å². The molecule has 0 aliphatic carbocycles. The SMILES string of the molecule is COc1cc(C(=O)Oc2ccc(Cl)cc2/C=N/NC(=O)c2ccc(NC(C)=O)cc2)ccc1OC(C)=O. The summed E-state index contributed by atoms with van der Waals surface area (Å²) in [6, 6.07) is 15.0. The molecule has 0 fully saturated rings. The van der Waals surface area contributed by atoms with Crippen molar-refractivity contribution in [2.75, 3.05) is 12.4 Å². The second kappa shape index (κ2) is 12.3.